The summed E-state index contributed by atoms with van der Waals surface area (Å²) in [5, 5.41) is 2.87. The van der Waals surface area contributed by atoms with Crippen molar-refractivity contribution in [2.75, 3.05) is 24.2 Å². The summed E-state index contributed by atoms with van der Waals surface area (Å²) in [5.74, 6) is 0.408. The molecular formula is C15H24N2O3S. The Labute approximate surface area is 127 Å². The molecule has 5 nitrogen and oxygen atoms in total. The highest BCUT2D eigenvalue weighted by atomic mass is 32.2. The van der Waals surface area contributed by atoms with E-state index in [1.807, 2.05) is 0 Å². The minimum Gasteiger partial charge on any atom is -0.352 e. The average molecular weight is 312 g/mol. The minimum atomic E-state index is -3.30. The number of carbonyl (C=O) groups is 1. The van der Waals surface area contributed by atoms with Gasteiger partial charge in [-0.05, 0) is 43.0 Å². The van der Waals surface area contributed by atoms with E-state index in [1.54, 1.807) is 25.1 Å². The zero-order chi connectivity index (χ0) is 16.2. The monoisotopic (exact) mass is 312 g/mol. The molecule has 0 saturated heterocycles. The quantitative estimate of drug-likeness (QED) is 0.875. The summed E-state index contributed by atoms with van der Waals surface area (Å²) in [6.45, 7) is 6.64. The molecule has 6 heteroatoms. The lowest BCUT2D eigenvalue weighted by Gasteiger charge is -2.19. The van der Waals surface area contributed by atoms with E-state index in [9.17, 15) is 13.2 Å². The number of carbonyl (C=O) groups excluding carboxylic acids is 1. The summed E-state index contributed by atoms with van der Waals surface area (Å²) in [6.07, 6.45) is 2.08. The molecule has 0 saturated carbocycles. The predicted molar refractivity (Wildman–Crippen MR) is 86.2 cm³/mol. The zero-order valence-electron chi connectivity index (χ0n) is 13.3. The molecule has 21 heavy (non-hydrogen) atoms. The van der Waals surface area contributed by atoms with Gasteiger partial charge in [-0.25, -0.2) is 8.42 Å². The van der Waals surface area contributed by atoms with Gasteiger partial charge < -0.3 is 5.32 Å². The van der Waals surface area contributed by atoms with Gasteiger partial charge >= 0.3 is 0 Å². The van der Waals surface area contributed by atoms with Crippen molar-refractivity contribution >= 4 is 21.6 Å². The van der Waals surface area contributed by atoms with Crippen molar-refractivity contribution in [1.82, 2.24) is 5.32 Å². The van der Waals surface area contributed by atoms with E-state index in [0.717, 1.165) is 18.2 Å². The fraction of sp³-hybridized carbons (Fsp3) is 0.533. The first kappa shape index (κ1) is 17.5. The molecule has 1 amide bonds. The van der Waals surface area contributed by atoms with Crippen LogP contribution in [0.25, 0.3) is 0 Å². The van der Waals surface area contributed by atoms with Crippen molar-refractivity contribution in [1.29, 1.82) is 0 Å². The van der Waals surface area contributed by atoms with Gasteiger partial charge in [-0.1, -0.05) is 13.8 Å². The van der Waals surface area contributed by atoms with Crippen LogP contribution in [0.5, 0.6) is 0 Å². The molecule has 118 valence electrons. The number of hydrogen-bond donors (Lipinski definition) is 1. The SMILES string of the molecule is Cc1cc(C(=O)NCCC(C)C)ccc1N(C)S(C)(=O)=O. The Bertz CT molecular complexity index is 609. The molecule has 0 aliphatic heterocycles. The molecule has 1 rings (SSSR count). The maximum Gasteiger partial charge on any atom is 0.251 e. The molecule has 0 aliphatic rings. The van der Waals surface area contributed by atoms with E-state index in [1.165, 1.54) is 11.4 Å². The molecule has 0 atom stereocenters. The molecular weight excluding hydrogens is 288 g/mol. The number of nitrogens with one attached hydrogen (secondary N) is 1. The molecule has 0 heterocycles. The summed E-state index contributed by atoms with van der Waals surface area (Å²) >= 11 is 0. The second kappa shape index (κ2) is 6.93. The summed E-state index contributed by atoms with van der Waals surface area (Å²) in [5.41, 5.74) is 1.87. The third-order valence-electron chi connectivity index (χ3n) is 3.30. The van der Waals surface area contributed by atoms with E-state index in [-0.39, 0.29) is 5.91 Å². The number of aryl methyl sites for hydroxylation is 1. The van der Waals surface area contributed by atoms with Crippen molar-refractivity contribution < 1.29 is 13.2 Å². The van der Waals surface area contributed by atoms with Gasteiger partial charge in [-0.3, -0.25) is 9.10 Å². The van der Waals surface area contributed by atoms with Crippen molar-refractivity contribution in [2.24, 2.45) is 5.92 Å². The van der Waals surface area contributed by atoms with Gasteiger partial charge in [0, 0.05) is 19.2 Å². The summed E-state index contributed by atoms with van der Waals surface area (Å²) < 4.78 is 24.3. The largest absolute Gasteiger partial charge is 0.352 e. The van der Waals surface area contributed by atoms with E-state index in [0.29, 0.717) is 23.7 Å². The summed E-state index contributed by atoms with van der Waals surface area (Å²) in [7, 11) is -1.80. The highest BCUT2D eigenvalue weighted by Crippen LogP contribution is 2.22. The fourth-order valence-corrected chi connectivity index (χ4v) is 2.47. The maximum atomic E-state index is 12.0. The first-order valence-electron chi connectivity index (χ1n) is 6.95. The average Bonchev–Trinajstić information content (AvgIpc) is 2.36. The smallest absolute Gasteiger partial charge is 0.251 e. The normalized spacial score (nSPS) is 11.5. The van der Waals surface area contributed by atoms with Crippen LogP contribution in [-0.4, -0.2) is 34.2 Å². The number of benzene rings is 1. The minimum absolute atomic E-state index is 0.132. The van der Waals surface area contributed by atoms with Crippen LogP contribution in [0, 0.1) is 12.8 Å². The van der Waals surface area contributed by atoms with Crippen molar-refractivity contribution in [3.8, 4) is 0 Å². The Kier molecular flexibility index (Phi) is 5.78. The maximum absolute atomic E-state index is 12.0. The third-order valence-corrected chi connectivity index (χ3v) is 4.49. The Balaban J connectivity index is 2.85. The number of hydrogen-bond acceptors (Lipinski definition) is 3. The number of amides is 1. The Morgan fingerprint density at radius 1 is 1.33 bits per heavy atom. The standard InChI is InChI=1S/C15H24N2O3S/c1-11(2)8-9-16-15(18)13-6-7-14(12(3)10-13)17(4)21(5,19)20/h6-7,10-11H,8-9H2,1-5H3,(H,16,18). The fourth-order valence-electron chi connectivity index (χ4n) is 1.91. The van der Waals surface area contributed by atoms with E-state index < -0.39 is 10.0 Å². The summed E-state index contributed by atoms with van der Waals surface area (Å²) in [6, 6.07) is 5.02. The molecule has 0 unspecified atom stereocenters. The highest BCUT2D eigenvalue weighted by molar-refractivity contribution is 7.92. The van der Waals surface area contributed by atoms with Crippen LogP contribution in [-0.2, 0) is 10.0 Å². The van der Waals surface area contributed by atoms with Gasteiger partial charge in [0.1, 0.15) is 0 Å². The van der Waals surface area contributed by atoms with Crippen molar-refractivity contribution in [3.63, 3.8) is 0 Å². The lowest BCUT2D eigenvalue weighted by molar-refractivity contribution is 0.0952. The van der Waals surface area contributed by atoms with E-state index in [2.05, 4.69) is 19.2 Å². The third kappa shape index (κ3) is 5.04. The molecule has 0 radical (unpaired) electrons. The van der Waals surface area contributed by atoms with Gasteiger partial charge in [0.15, 0.2) is 0 Å². The van der Waals surface area contributed by atoms with Crippen LogP contribution in [0.2, 0.25) is 0 Å². The van der Waals surface area contributed by atoms with E-state index in [4.69, 9.17) is 0 Å². The topological polar surface area (TPSA) is 66.5 Å². The second-order valence-corrected chi connectivity index (χ2v) is 7.68. The first-order valence-corrected chi connectivity index (χ1v) is 8.80. The van der Waals surface area contributed by atoms with Gasteiger partial charge in [0.2, 0.25) is 10.0 Å². The van der Waals surface area contributed by atoms with Crippen LogP contribution in [0.1, 0.15) is 36.2 Å². The molecule has 0 aromatic heterocycles. The van der Waals surface area contributed by atoms with Gasteiger partial charge in [-0.2, -0.15) is 0 Å². The Morgan fingerprint density at radius 2 is 1.95 bits per heavy atom. The van der Waals surface area contributed by atoms with Crippen molar-refractivity contribution in [2.45, 2.75) is 27.2 Å². The zero-order valence-corrected chi connectivity index (χ0v) is 14.1. The van der Waals surface area contributed by atoms with Crippen LogP contribution >= 0.6 is 0 Å². The molecule has 1 aromatic rings. The molecule has 0 spiro atoms. The second-order valence-electron chi connectivity index (χ2n) is 5.67. The number of sulfonamides is 1. The van der Waals surface area contributed by atoms with Crippen LogP contribution in [0.3, 0.4) is 0 Å². The van der Waals surface area contributed by atoms with Crippen molar-refractivity contribution in [3.05, 3.63) is 29.3 Å². The lowest BCUT2D eigenvalue weighted by Crippen LogP contribution is -2.27. The number of anilines is 1. The summed E-state index contributed by atoms with van der Waals surface area (Å²) in [4.78, 5) is 12.0. The molecule has 0 bridgehead atoms. The van der Waals surface area contributed by atoms with Crippen LogP contribution in [0.15, 0.2) is 18.2 Å². The molecule has 1 N–H and O–H groups in total. The van der Waals surface area contributed by atoms with Gasteiger partial charge in [0.05, 0.1) is 11.9 Å². The predicted octanol–water partition coefficient (Wildman–Crippen LogP) is 2.17. The highest BCUT2D eigenvalue weighted by Gasteiger charge is 2.15. The van der Waals surface area contributed by atoms with Crippen LogP contribution in [0.4, 0.5) is 5.69 Å². The Morgan fingerprint density at radius 3 is 2.43 bits per heavy atom. The van der Waals surface area contributed by atoms with Crippen LogP contribution < -0.4 is 9.62 Å². The van der Waals surface area contributed by atoms with Gasteiger partial charge in [-0.15, -0.1) is 0 Å². The lowest BCUT2D eigenvalue weighted by atomic mass is 10.1. The molecule has 0 fully saturated rings. The number of nitrogens with zero attached hydrogens (tertiary/aromatic N) is 1. The van der Waals surface area contributed by atoms with E-state index >= 15 is 0 Å². The molecule has 1 aromatic carbocycles. The molecule has 0 aliphatic carbocycles. The van der Waals surface area contributed by atoms with Gasteiger partial charge in [0.25, 0.3) is 5.91 Å². The first-order chi connectivity index (χ1) is 9.62. The Hall–Kier alpha value is -1.56. The number of rotatable bonds is 6.